The molecule has 112 valence electrons. The molecule has 1 aliphatic heterocycles. The van der Waals surface area contributed by atoms with E-state index in [2.05, 4.69) is 29.6 Å². The summed E-state index contributed by atoms with van der Waals surface area (Å²) < 4.78 is 1.96. The smallest absolute Gasteiger partial charge is 0.231 e. The van der Waals surface area contributed by atoms with Gasteiger partial charge in [-0.05, 0) is 54.0 Å². The van der Waals surface area contributed by atoms with Crippen molar-refractivity contribution >= 4 is 11.6 Å². The zero-order chi connectivity index (χ0) is 14.9. The molecule has 0 bridgehead atoms. The molecule has 1 saturated heterocycles. The number of nitrogens with zero attached hydrogens (tertiary/aromatic N) is 2. The molecule has 1 aromatic heterocycles. The lowest BCUT2D eigenvalue weighted by Crippen LogP contribution is -2.46. The van der Waals surface area contributed by atoms with Gasteiger partial charge >= 0.3 is 0 Å². The molecule has 1 aliphatic rings. The van der Waals surface area contributed by atoms with Crippen molar-refractivity contribution in [1.82, 2.24) is 15.1 Å². The van der Waals surface area contributed by atoms with Crippen molar-refractivity contribution in [3.8, 4) is 0 Å². The summed E-state index contributed by atoms with van der Waals surface area (Å²) in [4.78, 5) is 12.6. The van der Waals surface area contributed by atoms with Crippen molar-refractivity contribution < 1.29 is 4.79 Å². The predicted octanol–water partition coefficient (Wildman–Crippen LogP) is 2.41. The third-order valence-electron chi connectivity index (χ3n) is 4.20. The van der Waals surface area contributed by atoms with E-state index in [1.807, 2.05) is 25.5 Å². The summed E-state index contributed by atoms with van der Waals surface area (Å²) in [5.74, 6) is 0.0965. The molecule has 5 nitrogen and oxygen atoms in total. The average Bonchev–Trinajstić information content (AvgIpc) is 2.67. The van der Waals surface area contributed by atoms with E-state index in [9.17, 15) is 4.79 Å². The third kappa shape index (κ3) is 2.73. The summed E-state index contributed by atoms with van der Waals surface area (Å²) in [6.07, 6.45) is 1.98. The lowest BCUT2D eigenvalue weighted by molar-refractivity contribution is -0.125. The van der Waals surface area contributed by atoms with E-state index in [-0.39, 0.29) is 11.3 Å². The van der Waals surface area contributed by atoms with Crippen molar-refractivity contribution in [2.75, 3.05) is 18.4 Å². The van der Waals surface area contributed by atoms with Crippen LogP contribution in [0.4, 0.5) is 5.69 Å². The van der Waals surface area contributed by atoms with E-state index >= 15 is 0 Å². The van der Waals surface area contributed by atoms with Gasteiger partial charge in [0.15, 0.2) is 0 Å². The number of anilines is 1. The molecule has 0 radical (unpaired) electrons. The second-order valence-electron chi connectivity index (χ2n) is 6.38. The Morgan fingerprint density at radius 1 is 1.45 bits per heavy atom. The molecule has 20 heavy (non-hydrogen) atoms. The summed E-state index contributed by atoms with van der Waals surface area (Å²) in [6.45, 7) is 11.9. The molecular weight excluding hydrogens is 252 g/mol. The van der Waals surface area contributed by atoms with Gasteiger partial charge in [0.25, 0.3) is 0 Å². The summed E-state index contributed by atoms with van der Waals surface area (Å²) >= 11 is 0. The van der Waals surface area contributed by atoms with Crippen LogP contribution in [0.15, 0.2) is 0 Å². The molecule has 1 fully saturated rings. The van der Waals surface area contributed by atoms with Gasteiger partial charge in [-0.15, -0.1) is 0 Å². The van der Waals surface area contributed by atoms with Gasteiger partial charge < -0.3 is 10.6 Å². The zero-order valence-corrected chi connectivity index (χ0v) is 13.2. The van der Waals surface area contributed by atoms with Crippen molar-refractivity contribution in [3.05, 3.63) is 11.4 Å². The van der Waals surface area contributed by atoms with E-state index in [4.69, 9.17) is 0 Å². The number of rotatable bonds is 3. The van der Waals surface area contributed by atoms with Crippen molar-refractivity contribution in [3.63, 3.8) is 0 Å². The Balaban J connectivity index is 2.19. The Hall–Kier alpha value is -1.36. The first-order chi connectivity index (χ1) is 9.35. The molecule has 0 saturated carbocycles. The number of nitrogens with one attached hydrogen (secondary N) is 2. The quantitative estimate of drug-likeness (QED) is 0.892. The molecule has 0 aliphatic carbocycles. The number of piperidine rings is 1. The summed E-state index contributed by atoms with van der Waals surface area (Å²) in [5, 5.41) is 10.9. The van der Waals surface area contributed by atoms with Crippen LogP contribution in [0.1, 0.15) is 51.0 Å². The highest BCUT2D eigenvalue weighted by molar-refractivity contribution is 5.96. The molecule has 1 unspecified atom stereocenters. The monoisotopic (exact) mass is 278 g/mol. The van der Waals surface area contributed by atoms with Crippen LogP contribution in [-0.2, 0) is 4.79 Å². The molecule has 5 heteroatoms. The molecule has 0 spiro atoms. The van der Waals surface area contributed by atoms with Crippen molar-refractivity contribution in [1.29, 1.82) is 0 Å². The largest absolute Gasteiger partial charge is 0.322 e. The van der Waals surface area contributed by atoms with Gasteiger partial charge in [-0.25, -0.2) is 0 Å². The number of carbonyl (C=O) groups excluding carboxylic acids is 1. The van der Waals surface area contributed by atoms with Gasteiger partial charge in [0.1, 0.15) is 0 Å². The van der Waals surface area contributed by atoms with Crippen LogP contribution in [0, 0.1) is 19.3 Å². The maximum atomic E-state index is 12.6. The highest BCUT2D eigenvalue weighted by Gasteiger charge is 2.35. The van der Waals surface area contributed by atoms with Gasteiger partial charge in [0, 0.05) is 12.6 Å². The van der Waals surface area contributed by atoms with Gasteiger partial charge in [-0.1, -0.05) is 0 Å². The van der Waals surface area contributed by atoms with Crippen molar-refractivity contribution in [2.45, 2.75) is 53.5 Å². The first kappa shape index (κ1) is 15.0. The molecular formula is C15H26N4O. The number of hydrogen-bond acceptors (Lipinski definition) is 3. The minimum atomic E-state index is -0.322. The Kier molecular flexibility index (Phi) is 4.18. The van der Waals surface area contributed by atoms with Crippen LogP contribution >= 0.6 is 0 Å². The first-order valence-corrected chi connectivity index (χ1v) is 7.43. The van der Waals surface area contributed by atoms with Crippen LogP contribution in [0.25, 0.3) is 0 Å². The molecule has 1 atom stereocenters. The van der Waals surface area contributed by atoms with Gasteiger partial charge in [-0.3, -0.25) is 9.48 Å². The van der Waals surface area contributed by atoms with Gasteiger partial charge in [0.05, 0.1) is 22.5 Å². The topological polar surface area (TPSA) is 59.0 Å². The van der Waals surface area contributed by atoms with E-state index in [1.165, 1.54) is 0 Å². The lowest BCUT2D eigenvalue weighted by atomic mass is 9.82. The van der Waals surface area contributed by atoms with Crippen LogP contribution in [0.2, 0.25) is 0 Å². The molecule has 1 aromatic rings. The Morgan fingerprint density at radius 2 is 2.15 bits per heavy atom. The minimum absolute atomic E-state index is 0.0965. The van der Waals surface area contributed by atoms with Crippen molar-refractivity contribution in [2.24, 2.45) is 5.41 Å². The SMILES string of the molecule is Cc1nn(C(C)C)c(C)c1NC(=O)C1(C)CCCNC1. The number of aryl methyl sites for hydroxylation is 1. The van der Waals surface area contributed by atoms with Gasteiger partial charge in [-0.2, -0.15) is 5.10 Å². The van der Waals surface area contributed by atoms with E-state index < -0.39 is 0 Å². The third-order valence-corrected chi connectivity index (χ3v) is 4.20. The molecule has 1 amide bonds. The minimum Gasteiger partial charge on any atom is -0.322 e. The maximum Gasteiger partial charge on any atom is 0.231 e. The highest BCUT2D eigenvalue weighted by atomic mass is 16.2. The summed E-state index contributed by atoms with van der Waals surface area (Å²) in [7, 11) is 0. The fourth-order valence-electron chi connectivity index (χ4n) is 2.86. The second kappa shape index (κ2) is 5.56. The molecule has 0 aromatic carbocycles. The summed E-state index contributed by atoms with van der Waals surface area (Å²) in [5.41, 5.74) is 2.46. The normalized spacial score (nSPS) is 23.1. The fraction of sp³-hybridized carbons (Fsp3) is 0.733. The zero-order valence-electron chi connectivity index (χ0n) is 13.2. The van der Waals surface area contributed by atoms with Crippen LogP contribution in [-0.4, -0.2) is 28.8 Å². The number of hydrogen-bond donors (Lipinski definition) is 2. The predicted molar refractivity (Wildman–Crippen MR) is 80.9 cm³/mol. The van der Waals surface area contributed by atoms with Crippen LogP contribution < -0.4 is 10.6 Å². The number of amides is 1. The molecule has 2 N–H and O–H groups in total. The second-order valence-corrected chi connectivity index (χ2v) is 6.38. The maximum absolute atomic E-state index is 12.6. The van der Waals surface area contributed by atoms with Crippen LogP contribution in [0.3, 0.4) is 0 Å². The standard InChI is InChI=1S/C15H26N4O/c1-10(2)19-12(4)13(11(3)18-19)17-14(20)15(5)7-6-8-16-9-15/h10,16H,6-9H2,1-5H3,(H,17,20). The molecule has 2 heterocycles. The summed E-state index contributed by atoms with van der Waals surface area (Å²) in [6, 6.07) is 0.297. The average molecular weight is 278 g/mol. The van der Waals surface area contributed by atoms with Gasteiger partial charge in [0.2, 0.25) is 5.91 Å². The number of aromatic nitrogens is 2. The van der Waals surface area contributed by atoms with E-state index in [0.717, 1.165) is 43.0 Å². The van der Waals surface area contributed by atoms with E-state index in [1.54, 1.807) is 0 Å². The Labute approximate surface area is 121 Å². The highest BCUT2D eigenvalue weighted by Crippen LogP contribution is 2.29. The lowest BCUT2D eigenvalue weighted by Gasteiger charge is -2.32. The van der Waals surface area contributed by atoms with Crippen LogP contribution in [0.5, 0.6) is 0 Å². The molecule has 2 rings (SSSR count). The first-order valence-electron chi connectivity index (χ1n) is 7.43. The fourth-order valence-corrected chi connectivity index (χ4v) is 2.86. The Bertz CT molecular complexity index is 498. The Morgan fingerprint density at radius 3 is 2.65 bits per heavy atom. The van der Waals surface area contributed by atoms with E-state index in [0.29, 0.717) is 6.04 Å². The number of carbonyl (C=O) groups is 1.